The molecule has 1 fully saturated rings. The second-order valence-electron chi connectivity index (χ2n) is 11.1. The van der Waals surface area contributed by atoms with Crippen molar-refractivity contribution in [3.05, 3.63) is 71.0 Å². The Kier molecular flexibility index (Phi) is 11.2. The first-order valence-electron chi connectivity index (χ1n) is 14.6. The quantitative estimate of drug-likeness (QED) is 0.0824. The topological polar surface area (TPSA) is 222 Å². The number of nitrogens with one attached hydrogen (secondary N) is 2. The summed E-state index contributed by atoms with van der Waals surface area (Å²) in [5.74, 6) is -3.61. The van der Waals surface area contributed by atoms with E-state index in [1.54, 1.807) is 6.92 Å². The lowest BCUT2D eigenvalue weighted by atomic mass is 10.0. The number of nitrogens with zero attached hydrogens (tertiary/aromatic N) is 5. The number of esters is 1. The van der Waals surface area contributed by atoms with Gasteiger partial charge in [-0.25, -0.2) is 31.8 Å². The van der Waals surface area contributed by atoms with Gasteiger partial charge in [0.25, 0.3) is 0 Å². The fraction of sp³-hybridized carbons (Fsp3) is 0.357. The van der Waals surface area contributed by atoms with Gasteiger partial charge >= 0.3 is 13.7 Å². The minimum atomic E-state index is -4.44. The van der Waals surface area contributed by atoms with Gasteiger partial charge in [-0.3, -0.25) is 18.9 Å². The molecule has 270 valence electrons. The second-order valence-corrected chi connectivity index (χ2v) is 15.0. The number of hydrazine groups is 1. The van der Waals surface area contributed by atoms with E-state index in [0.717, 1.165) is 29.5 Å². The molecular formula is C28H32ClF2N8O9PS. The van der Waals surface area contributed by atoms with Gasteiger partial charge in [0.05, 0.1) is 30.9 Å². The van der Waals surface area contributed by atoms with Crippen molar-refractivity contribution in [3.63, 3.8) is 0 Å². The maximum Gasteiger partial charge on any atom is 0.459 e. The molecule has 22 heteroatoms. The maximum absolute atomic E-state index is 14.0. The standard InChI is InChI=1S/C28H32ClF2N8O9PS/c1-15-24(41)21(47-27(15)39-14-33-23-25(35-28(32)36-26(23)39)38(2)37-50(3,43)44)13-46-49(42,48-17-9-7-16(29)8-10-17)34-11-22(40)45-12-18-19(30)5-4-6-20(18)31/h4-10,14-15,21,24,27,37,41H,11-13H2,1-3H3,(H,34,42)(H2,32,35,36)/t15-,21?,24-,27?,49?/m0/s1. The van der Waals surface area contributed by atoms with Gasteiger partial charge in [0, 0.05) is 18.0 Å². The Balaban J connectivity index is 1.30. The number of carbonyl (C=O) groups is 1. The van der Waals surface area contributed by atoms with Crippen molar-refractivity contribution in [1.29, 1.82) is 0 Å². The van der Waals surface area contributed by atoms with Crippen molar-refractivity contribution in [2.45, 2.75) is 32.0 Å². The number of imidazole rings is 1. The number of nitrogen functional groups attached to an aromatic ring is 1. The van der Waals surface area contributed by atoms with E-state index < -0.39 is 85.0 Å². The molecule has 5 rings (SSSR count). The second kappa shape index (κ2) is 15.1. The van der Waals surface area contributed by atoms with Crippen LogP contribution < -0.4 is 25.2 Å². The number of anilines is 2. The largest absolute Gasteiger partial charge is 0.460 e. The average molecular weight is 761 g/mol. The van der Waals surface area contributed by atoms with Crippen LogP contribution in [-0.2, 0) is 40.0 Å². The fourth-order valence-corrected chi connectivity index (χ4v) is 6.91. The van der Waals surface area contributed by atoms with E-state index in [4.69, 9.17) is 35.9 Å². The highest BCUT2D eigenvalue weighted by Crippen LogP contribution is 2.46. The van der Waals surface area contributed by atoms with Crippen molar-refractivity contribution in [1.82, 2.24) is 29.4 Å². The van der Waals surface area contributed by atoms with E-state index in [9.17, 15) is 31.7 Å². The number of aromatic nitrogens is 4. The SMILES string of the molecule is C[C@@H]1C(n2cnc3c(N(C)NS(C)(=O)=O)nc(N)nc32)OC(COP(=O)(NCC(=O)OCc2c(F)cccc2F)Oc2ccc(Cl)cc2)[C@H]1O. The number of benzene rings is 2. The van der Waals surface area contributed by atoms with Crippen LogP contribution in [0.1, 0.15) is 18.7 Å². The third-order valence-electron chi connectivity index (χ3n) is 7.30. The summed E-state index contributed by atoms with van der Waals surface area (Å²) in [7, 11) is -6.72. The van der Waals surface area contributed by atoms with Crippen LogP contribution in [0.3, 0.4) is 0 Å². The molecule has 50 heavy (non-hydrogen) atoms. The lowest BCUT2D eigenvalue weighted by Crippen LogP contribution is -2.39. The highest BCUT2D eigenvalue weighted by molar-refractivity contribution is 7.88. The molecule has 0 amide bonds. The number of ether oxygens (including phenoxy) is 2. The Morgan fingerprint density at radius 3 is 2.54 bits per heavy atom. The minimum Gasteiger partial charge on any atom is -0.460 e. The zero-order valence-electron chi connectivity index (χ0n) is 26.6. The fourth-order valence-electron chi connectivity index (χ4n) is 4.92. The maximum atomic E-state index is 14.0. The number of rotatable bonds is 14. The summed E-state index contributed by atoms with van der Waals surface area (Å²) < 4.78 is 89.1. The van der Waals surface area contributed by atoms with Crippen molar-refractivity contribution in [2.24, 2.45) is 5.92 Å². The first-order chi connectivity index (χ1) is 23.5. The molecular weight excluding hydrogens is 729 g/mol. The third-order valence-corrected chi connectivity index (χ3v) is 9.65. The van der Waals surface area contributed by atoms with Crippen molar-refractivity contribution in [3.8, 4) is 5.75 Å². The van der Waals surface area contributed by atoms with Gasteiger partial charge in [-0.05, 0) is 36.4 Å². The molecule has 5 N–H and O–H groups in total. The molecule has 5 atom stereocenters. The van der Waals surface area contributed by atoms with Gasteiger partial charge in [-0.1, -0.05) is 24.6 Å². The molecule has 0 spiro atoms. The summed E-state index contributed by atoms with van der Waals surface area (Å²) in [6.45, 7) is -0.345. The summed E-state index contributed by atoms with van der Waals surface area (Å²) in [5.41, 5.74) is 5.77. The van der Waals surface area contributed by atoms with E-state index in [0.29, 0.717) is 5.02 Å². The molecule has 4 aromatic rings. The number of hydrogen-bond acceptors (Lipinski definition) is 14. The lowest BCUT2D eigenvalue weighted by molar-refractivity contribution is -0.143. The molecule has 3 heterocycles. The van der Waals surface area contributed by atoms with Crippen LogP contribution in [0.5, 0.6) is 5.75 Å². The number of sulfonamides is 1. The van der Waals surface area contributed by atoms with E-state index in [1.807, 2.05) is 0 Å². The zero-order valence-corrected chi connectivity index (χ0v) is 29.0. The van der Waals surface area contributed by atoms with Crippen LogP contribution in [0.2, 0.25) is 5.02 Å². The molecule has 0 saturated carbocycles. The normalized spacial score (nSPS) is 20.5. The van der Waals surface area contributed by atoms with Gasteiger partial charge in [-0.2, -0.15) is 9.97 Å². The summed E-state index contributed by atoms with van der Waals surface area (Å²) >= 11 is 5.94. The molecule has 1 saturated heterocycles. The van der Waals surface area contributed by atoms with Crippen molar-refractivity contribution in [2.75, 3.05) is 37.2 Å². The molecule has 0 radical (unpaired) electrons. The molecule has 17 nitrogen and oxygen atoms in total. The van der Waals surface area contributed by atoms with Gasteiger partial charge in [0.2, 0.25) is 16.0 Å². The Labute approximate surface area is 289 Å². The molecule has 2 aromatic carbocycles. The van der Waals surface area contributed by atoms with Gasteiger partial charge in [0.15, 0.2) is 17.0 Å². The number of aliphatic hydroxyl groups excluding tert-OH is 1. The first kappa shape index (κ1) is 37.3. The van der Waals surface area contributed by atoms with E-state index >= 15 is 0 Å². The third kappa shape index (κ3) is 8.82. The Bertz CT molecular complexity index is 2010. The van der Waals surface area contributed by atoms with Crippen LogP contribution in [0.15, 0.2) is 48.8 Å². The summed E-state index contributed by atoms with van der Waals surface area (Å²) in [5, 5.41) is 14.9. The number of nitrogens with two attached hydrogens (primary N) is 1. The van der Waals surface area contributed by atoms with Gasteiger partial charge in [-0.15, -0.1) is 4.83 Å². The predicted octanol–water partition coefficient (Wildman–Crippen LogP) is 2.67. The minimum absolute atomic E-state index is 0.0412. The molecule has 1 aliphatic heterocycles. The zero-order chi connectivity index (χ0) is 36.4. The van der Waals surface area contributed by atoms with Crippen LogP contribution in [-0.4, -0.2) is 77.7 Å². The van der Waals surface area contributed by atoms with Crippen molar-refractivity contribution < 1.29 is 50.2 Å². The molecule has 0 aliphatic carbocycles. The molecule has 1 aliphatic rings. The average Bonchev–Trinajstić information content (AvgIpc) is 3.58. The number of hydrogen-bond donors (Lipinski definition) is 4. The molecule has 2 aromatic heterocycles. The van der Waals surface area contributed by atoms with Gasteiger partial charge in [0.1, 0.15) is 42.9 Å². The first-order valence-corrected chi connectivity index (χ1v) is 18.4. The van der Waals surface area contributed by atoms with Crippen LogP contribution in [0.25, 0.3) is 11.2 Å². The van der Waals surface area contributed by atoms with E-state index in [2.05, 4.69) is 24.9 Å². The monoisotopic (exact) mass is 760 g/mol. The summed E-state index contributed by atoms with van der Waals surface area (Å²) in [6, 6.07) is 8.88. The smallest absolute Gasteiger partial charge is 0.459 e. The number of fused-ring (bicyclic) bond motifs is 1. The molecule has 3 unspecified atom stereocenters. The summed E-state index contributed by atoms with van der Waals surface area (Å²) in [6.07, 6.45) is -0.922. The Morgan fingerprint density at radius 2 is 1.88 bits per heavy atom. The predicted molar refractivity (Wildman–Crippen MR) is 175 cm³/mol. The van der Waals surface area contributed by atoms with E-state index in [1.165, 1.54) is 42.2 Å². The Morgan fingerprint density at radius 1 is 1.20 bits per heavy atom. The van der Waals surface area contributed by atoms with Gasteiger partial charge < -0.3 is 24.8 Å². The highest BCUT2D eigenvalue weighted by atomic mass is 35.5. The van der Waals surface area contributed by atoms with Crippen LogP contribution >= 0.6 is 19.3 Å². The number of halogens is 3. The highest BCUT2D eigenvalue weighted by Gasteiger charge is 2.44. The van der Waals surface area contributed by atoms with Crippen LogP contribution in [0.4, 0.5) is 20.5 Å². The lowest BCUT2D eigenvalue weighted by Gasteiger charge is -2.22. The Hall–Kier alpha value is -4.01. The summed E-state index contributed by atoms with van der Waals surface area (Å²) in [4.78, 5) is 27.3. The number of aliphatic hydroxyl groups is 1. The number of carbonyl (C=O) groups excluding carboxylic acids is 1. The van der Waals surface area contributed by atoms with Crippen LogP contribution in [0, 0.1) is 17.6 Å². The van der Waals surface area contributed by atoms with Crippen molar-refractivity contribution >= 4 is 58.3 Å². The molecule has 0 bridgehead atoms. The van der Waals surface area contributed by atoms with E-state index in [-0.39, 0.29) is 28.7 Å².